The maximum atomic E-state index is 5.62. The zero-order chi connectivity index (χ0) is 10.8. The third kappa shape index (κ3) is 2.27. The topological polar surface area (TPSA) is 15.7 Å². The molecule has 3 aliphatic heterocycles. The van der Waals surface area contributed by atoms with E-state index in [1.807, 2.05) is 0 Å². The first-order valence-corrected chi connectivity index (χ1v) is 6.99. The second kappa shape index (κ2) is 5.03. The Labute approximate surface area is 98.7 Å². The van der Waals surface area contributed by atoms with Crippen molar-refractivity contribution in [3.8, 4) is 0 Å². The number of hydrogen-bond donors (Lipinski definition) is 0. The maximum absolute atomic E-state index is 5.62. The first-order valence-electron chi connectivity index (χ1n) is 6.99. The van der Waals surface area contributed by atoms with Crippen molar-refractivity contribution in [2.75, 3.05) is 39.4 Å². The van der Waals surface area contributed by atoms with Gasteiger partial charge in [-0.05, 0) is 32.2 Å². The molecule has 0 bridgehead atoms. The van der Waals surface area contributed by atoms with Crippen molar-refractivity contribution in [3.05, 3.63) is 0 Å². The van der Waals surface area contributed by atoms with Gasteiger partial charge in [0, 0.05) is 38.3 Å². The maximum Gasteiger partial charge on any atom is 0.0621 e. The first kappa shape index (κ1) is 11.0. The van der Waals surface area contributed by atoms with Crippen molar-refractivity contribution in [3.63, 3.8) is 0 Å². The first-order chi connectivity index (χ1) is 7.93. The van der Waals surface area contributed by atoms with Gasteiger partial charge in [0.1, 0.15) is 0 Å². The van der Waals surface area contributed by atoms with Crippen LogP contribution >= 0.6 is 0 Å². The van der Waals surface area contributed by atoms with E-state index in [0.29, 0.717) is 0 Å². The van der Waals surface area contributed by atoms with Gasteiger partial charge in [-0.1, -0.05) is 6.42 Å². The molecule has 0 radical (unpaired) electrons. The van der Waals surface area contributed by atoms with E-state index in [0.717, 1.165) is 25.3 Å². The van der Waals surface area contributed by atoms with Crippen LogP contribution in [0.15, 0.2) is 0 Å². The van der Waals surface area contributed by atoms with E-state index in [-0.39, 0.29) is 0 Å². The molecular formula is C13H24N2O. The quantitative estimate of drug-likeness (QED) is 0.668. The SMILES string of the molecule is C1CCN2CCN(C3CCCOC3)CC2C1. The number of piperidine rings is 1. The van der Waals surface area contributed by atoms with E-state index in [4.69, 9.17) is 4.74 Å². The molecule has 3 heterocycles. The Balaban J connectivity index is 1.57. The van der Waals surface area contributed by atoms with Gasteiger partial charge in [-0.2, -0.15) is 0 Å². The van der Waals surface area contributed by atoms with Gasteiger partial charge in [0.2, 0.25) is 0 Å². The van der Waals surface area contributed by atoms with Crippen molar-refractivity contribution < 1.29 is 4.74 Å². The summed E-state index contributed by atoms with van der Waals surface area (Å²) in [5.41, 5.74) is 0. The molecule has 3 fully saturated rings. The number of piperazine rings is 1. The molecule has 3 aliphatic rings. The molecule has 0 N–H and O–H groups in total. The highest BCUT2D eigenvalue weighted by Gasteiger charge is 2.32. The average molecular weight is 224 g/mol. The lowest BCUT2D eigenvalue weighted by Gasteiger charge is -2.47. The van der Waals surface area contributed by atoms with Crippen molar-refractivity contribution >= 4 is 0 Å². The molecule has 3 saturated heterocycles. The van der Waals surface area contributed by atoms with Crippen LogP contribution in [-0.2, 0) is 4.74 Å². The van der Waals surface area contributed by atoms with Gasteiger partial charge in [0.15, 0.2) is 0 Å². The van der Waals surface area contributed by atoms with Crippen LogP contribution in [0, 0.1) is 0 Å². The van der Waals surface area contributed by atoms with Crippen LogP contribution in [0.25, 0.3) is 0 Å². The molecule has 16 heavy (non-hydrogen) atoms. The Morgan fingerprint density at radius 3 is 2.56 bits per heavy atom. The fourth-order valence-electron chi connectivity index (χ4n) is 3.52. The number of nitrogens with zero attached hydrogens (tertiary/aromatic N) is 2. The predicted molar refractivity (Wildman–Crippen MR) is 64.6 cm³/mol. The van der Waals surface area contributed by atoms with Gasteiger partial charge < -0.3 is 4.74 Å². The molecule has 0 aromatic rings. The van der Waals surface area contributed by atoms with E-state index < -0.39 is 0 Å². The van der Waals surface area contributed by atoms with Gasteiger partial charge >= 0.3 is 0 Å². The molecule has 0 saturated carbocycles. The fourth-order valence-corrected chi connectivity index (χ4v) is 3.52. The highest BCUT2D eigenvalue weighted by Crippen LogP contribution is 2.24. The summed E-state index contributed by atoms with van der Waals surface area (Å²) in [5, 5.41) is 0. The van der Waals surface area contributed by atoms with Gasteiger partial charge in [0.25, 0.3) is 0 Å². The van der Waals surface area contributed by atoms with Crippen molar-refractivity contribution in [1.29, 1.82) is 0 Å². The largest absolute Gasteiger partial charge is 0.380 e. The Morgan fingerprint density at radius 1 is 0.812 bits per heavy atom. The zero-order valence-corrected chi connectivity index (χ0v) is 10.2. The lowest BCUT2D eigenvalue weighted by Crippen LogP contribution is -2.58. The molecular weight excluding hydrogens is 200 g/mol. The summed E-state index contributed by atoms with van der Waals surface area (Å²) in [4.78, 5) is 5.41. The Morgan fingerprint density at radius 2 is 1.69 bits per heavy atom. The van der Waals surface area contributed by atoms with E-state index >= 15 is 0 Å². The Kier molecular flexibility index (Phi) is 3.46. The van der Waals surface area contributed by atoms with Crippen LogP contribution in [0.4, 0.5) is 0 Å². The second-order valence-corrected chi connectivity index (χ2v) is 5.55. The van der Waals surface area contributed by atoms with E-state index in [9.17, 15) is 0 Å². The number of ether oxygens (including phenoxy) is 1. The normalized spacial score (nSPS) is 38.2. The molecule has 0 aromatic carbocycles. The number of rotatable bonds is 1. The summed E-state index contributed by atoms with van der Waals surface area (Å²) in [6, 6.07) is 1.57. The second-order valence-electron chi connectivity index (χ2n) is 5.55. The Hall–Kier alpha value is -0.120. The van der Waals surface area contributed by atoms with Crippen molar-refractivity contribution in [2.45, 2.75) is 44.2 Å². The molecule has 0 aromatic heterocycles. The lowest BCUT2D eigenvalue weighted by atomic mass is 9.97. The summed E-state index contributed by atoms with van der Waals surface area (Å²) in [7, 11) is 0. The minimum absolute atomic E-state index is 0.720. The molecule has 3 nitrogen and oxygen atoms in total. The Bertz CT molecular complexity index is 225. The third-order valence-corrected chi connectivity index (χ3v) is 4.52. The lowest BCUT2D eigenvalue weighted by molar-refractivity contribution is -0.0259. The minimum atomic E-state index is 0.720. The van der Waals surface area contributed by atoms with E-state index in [1.54, 1.807) is 0 Å². The number of fused-ring (bicyclic) bond motifs is 1. The summed E-state index contributed by atoms with van der Waals surface area (Å²) in [6.45, 7) is 7.17. The van der Waals surface area contributed by atoms with Crippen LogP contribution < -0.4 is 0 Å². The van der Waals surface area contributed by atoms with E-state index in [2.05, 4.69) is 9.80 Å². The smallest absolute Gasteiger partial charge is 0.0621 e. The molecule has 0 aliphatic carbocycles. The third-order valence-electron chi connectivity index (χ3n) is 4.52. The molecule has 2 atom stereocenters. The van der Waals surface area contributed by atoms with Crippen LogP contribution in [0.1, 0.15) is 32.1 Å². The molecule has 3 heteroatoms. The monoisotopic (exact) mass is 224 g/mol. The minimum Gasteiger partial charge on any atom is -0.380 e. The van der Waals surface area contributed by atoms with Crippen LogP contribution in [0.5, 0.6) is 0 Å². The van der Waals surface area contributed by atoms with Crippen LogP contribution in [-0.4, -0.2) is 61.3 Å². The molecule has 2 unspecified atom stereocenters. The zero-order valence-electron chi connectivity index (χ0n) is 10.2. The van der Waals surface area contributed by atoms with Crippen molar-refractivity contribution in [1.82, 2.24) is 9.80 Å². The molecule has 92 valence electrons. The highest BCUT2D eigenvalue weighted by molar-refractivity contribution is 4.88. The van der Waals surface area contributed by atoms with E-state index in [1.165, 1.54) is 58.3 Å². The standard InChI is InChI=1S/C13H24N2O/c1-2-6-14-7-8-15(10-12(14)4-1)13-5-3-9-16-11-13/h12-13H,1-11H2. The molecule has 0 amide bonds. The summed E-state index contributed by atoms with van der Waals surface area (Å²) >= 11 is 0. The summed E-state index contributed by atoms with van der Waals surface area (Å²) in [5.74, 6) is 0. The van der Waals surface area contributed by atoms with Gasteiger partial charge in [0.05, 0.1) is 6.61 Å². The van der Waals surface area contributed by atoms with Crippen LogP contribution in [0.3, 0.4) is 0 Å². The van der Waals surface area contributed by atoms with Crippen molar-refractivity contribution in [2.24, 2.45) is 0 Å². The molecule has 0 spiro atoms. The summed E-state index contributed by atoms with van der Waals surface area (Å²) in [6.07, 6.45) is 6.89. The van der Waals surface area contributed by atoms with Gasteiger partial charge in [-0.3, -0.25) is 9.80 Å². The average Bonchev–Trinajstić information content (AvgIpc) is 2.39. The summed E-state index contributed by atoms with van der Waals surface area (Å²) < 4.78 is 5.62. The predicted octanol–water partition coefficient (Wildman–Crippen LogP) is 1.34. The highest BCUT2D eigenvalue weighted by atomic mass is 16.5. The van der Waals surface area contributed by atoms with Gasteiger partial charge in [-0.25, -0.2) is 0 Å². The molecule has 3 rings (SSSR count). The number of hydrogen-bond acceptors (Lipinski definition) is 3. The fraction of sp³-hybridized carbons (Fsp3) is 1.00. The van der Waals surface area contributed by atoms with Gasteiger partial charge in [-0.15, -0.1) is 0 Å². The van der Waals surface area contributed by atoms with Crippen LogP contribution in [0.2, 0.25) is 0 Å².